The number of halogens is 3. The van der Waals surface area contributed by atoms with Gasteiger partial charge in [0.05, 0.1) is 24.5 Å². The van der Waals surface area contributed by atoms with Crippen LogP contribution in [0.2, 0.25) is 0 Å². The third-order valence-electron chi connectivity index (χ3n) is 2.53. The van der Waals surface area contributed by atoms with Crippen molar-refractivity contribution in [1.29, 1.82) is 0 Å². The Kier molecular flexibility index (Phi) is 7.47. The number of benzene rings is 1. The lowest BCUT2D eigenvalue weighted by Gasteiger charge is -2.20. The van der Waals surface area contributed by atoms with Gasteiger partial charge in [0.25, 0.3) is 0 Å². The third-order valence-corrected chi connectivity index (χ3v) is 5.52. The molecule has 0 saturated heterocycles. The highest BCUT2D eigenvalue weighted by Crippen LogP contribution is 2.47. The molecule has 1 aromatic rings. The number of hydrogen-bond donors (Lipinski definition) is 2. The summed E-state index contributed by atoms with van der Waals surface area (Å²) in [6, 6.07) is 4.47. The lowest BCUT2D eigenvalue weighted by molar-refractivity contribution is -0.137. The molecule has 0 saturated carbocycles. The number of carbonyl (C=O) groups excluding carboxylic acids is 1. The first-order valence-electron chi connectivity index (χ1n) is 6.80. The van der Waals surface area contributed by atoms with Gasteiger partial charge in [-0.25, -0.2) is 0 Å². The number of amides is 1. The van der Waals surface area contributed by atoms with Gasteiger partial charge in [-0.15, -0.1) is 0 Å². The Bertz CT molecular complexity index is 574. The first-order valence-corrected chi connectivity index (χ1v) is 9.62. The Morgan fingerprint density at radius 3 is 2.39 bits per heavy atom. The van der Waals surface area contributed by atoms with Crippen LogP contribution in [-0.4, -0.2) is 25.3 Å². The van der Waals surface area contributed by atoms with Crippen LogP contribution >= 0.6 is 6.49 Å². The highest BCUT2D eigenvalue weighted by atomic mass is 32.5. The fourth-order valence-electron chi connectivity index (χ4n) is 1.65. The third kappa shape index (κ3) is 6.87. The van der Waals surface area contributed by atoms with E-state index in [2.05, 4.69) is 10.9 Å². The van der Waals surface area contributed by atoms with Gasteiger partial charge in [0.15, 0.2) is 6.49 Å². The molecule has 0 unspecified atom stereocenters. The number of anilines is 1. The van der Waals surface area contributed by atoms with Crippen molar-refractivity contribution in [3.63, 3.8) is 0 Å². The van der Waals surface area contributed by atoms with Crippen LogP contribution in [0.4, 0.5) is 18.9 Å². The van der Waals surface area contributed by atoms with Gasteiger partial charge in [-0.3, -0.25) is 15.6 Å². The van der Waals surface area contributed by atoms with Crippen LogP contribution in [0.1, 0.15) is 19.4 Å². The zero-order chi connectivity index (χ0) is 17.5. The minimum atomic E-state index is -4.45. The van der Waals surface area contributed by atoms with E-state index in [9.17, 15) is 18.0 Å². The molecule has 130 valence electrons. The van der Waals surface area contributed by atoms with E-state index in [4.69, 9.17) is 20.9 Å². The van der Waals surface area contributed by atoms with E-state index in [0.29, 0.717) is 13.2 Å². The van der Waals surface area contributed by atoms with Crippen molar-refractivity contribution in [1.82, 2.24) is 5.43 Å². The molecule has 1 amide bonds. The molecule has 10 heteroatoms. The maximum absolute atomic E-state index is 12.6. The molecule has 0 radical (unpaired) electrons. The van der Waals surface area contributed by atoms with E-state index in [1.165, 1.54) is 12.1 Å². The second-order valence-corrected chi connectivity index (χ2v) is 8.08. The Balaban J connectivity index is 2.64. The van der Waals surface area contributed by atoms with Crippen molar-refractivity contribution >= 4 is 29.9 Å². The number of hydrogen-bond acceptors (Lipinski definition) is 5. The lowest BCUT2D eigenvalue weighted by Crippen LogP contribution is -2.32. The SMILES string of the molecule is CCOP(=S)(CC(=O)NNc1cccc(C(F)(F)F)c1)OCC. The molecule has 0 heterocycles. The Hall–Kier alpha value is -1.15. The van der Waals surface area contributed by atoms with E-state index in [-0.39, 0.29) is 11.8 Å². The standard InChI is InChI=1S/C13H18F3N2O3PS/c1-3-20-22(23,21-4-2)9-12(19)18-17-11-7-5-6-10(8-11)13(14,15)16/h5-8,17H,3-4,9H2,1-2H3,(H,18,19). The second kappa shape index (κ2) is 8.63. The Morgan fingerprint density at radius 1 is 1.26 bits per heavy atom. The van der Waals surface area contributed by atoms with Gasteiger partial charge in [-0.05, 0) is 43.9 Å². The zero-order valence-corrected chi connectivity index (χ0v) is 14.4. The van der Waals surface area contributed by atoms with Gasteiger partial charge in [0.2, 0.25) is 5.91 Å². The van der Waals surface area contributed by atoms with Crippen molar-refractivity contribution in [2.45, 2.75) is 20.0 Å². The molecule has 0 atom stereocenters. The highest BCUT2D eigenvalue weighted by Gasteiger charge is 2.30. The van der Waals surface area contributed by atoms with Gasteiger partial charge < -0.3 is 9.05 Å². The highest BCUT2D eigenvalue weighted by molar-refractivity contribution is 8.10. The van der Waals surface area contributed by atoms with Crippen molar-refractivity contribution in [2.24, 2.45) is 0 Å². The van der Waals surface area contributed by atoms with E-state index in [0.717, 1.165) is 12.1 Å². The first kappa shape index (κ1) is 19.9. The number of hydrazine groups is 1. The molecule has 0 aromatic heterocycles. The van der Waals surface area contributed by atoms with Crippen LogP contribution in [0.15, 0.2) is 24.3 Å². The molecular formula is C13H18F3N2O3PS. The summed E-state index contributed by atoms with van der Waals surface area (Å²) in [5.74, 6) is -0.521. The molecule has 1 rings (SSSR count). The minimum absolute atomic E-state index is 0.106. The van der Waals surface area contributed by atoms with Crippen LogP contribution in [0.3, 0.4) is 0 Å². The van der Waals surface area contributed by atoms with Crippen molar-refractivity contribution in [2.75, 3.05) is 24.8 Å². The fraction of sp³-hybridized carbons (Fsp3) is 0.462. The maximum Gasteiger partial charge on any atom is 0.416 e. The number of rotatable bonds is 8. The average Bonchev–Trinajstić information content (AvgIpc) is 2.45. The second-order valence-electron chi connectivity index (χ2n) is 4.36. The summed E-state index contributed by atoms with van der Waals surface area (Å²) in [5.41, 5.74) is 4.01. The van der Waals surface area contributed by atoms with Gasteiger partial charge in [-0.2, -0.15) is 13.2 Å². The summed E-state index contributed by atoms with van der Waals surface area (Å²) in [6.45, 7) is 1.36. The molecule has 23 heavy (non-hydrogen) atoms. The quantitative estimate of drug-likeness (QED) is 0.542. The van der Waals surface area contributed by atoms with Crippen molar-refractivity contribution in [3.8, 4) is 0 Å². The van der Waals surface area contributed by atoms with E-state index < -0.39 is 24.1 Å². The number of nitrogens with one attached hydrogen (secondary N) is 2. The summed E-state index contributed by atoms with van der Waals surface area (Å²) in [4.78, 5) is 11.9. The van der Waals surface area contributed by atoms with Crippen LogP contribution in [-0.2, 0) is 31.8 Å². The monoisotopic (exact) mass is 370 g/mol. The van der Waals surface area contributed by atoms with E-state index >= 15 is 0 Å². The van der Waals surface area contributed by atoms with Crippen LogP contribution in [0, 0.1) is 0 Å². The smallest absolute Gasteiger partial charge is 0.329 e. The Labute approximate surface area is 137 Å². The zero-order valence-electron chi connectivity index (χ0n) is 12.6. The molecule has 0 bridgehead atoms. The minimum Gasteiger partial charge on any atom is -0.329 e. The van der Waals surface area contributed by atoms with Crippen LogP contribution in [0.5, 0.6) is 0 Å². The van der Waals surface area contributed by atoms with E-state index in [1.807, 2.05) is 0 Å². The fourth-order valence-corrected chi connectivity index (χ4v) is 4.11. The van der Waals surface area contributed by atoms with Gasteiger partial charge in [0, 0.05) is 0 Å². The average molecular weight is 370 g/mol. The van der Waals surface area contributed by atoms with Crippen LogP contribution < -0.4 is 10.9 Å². The topological polar surface area (TPSA) is 59.6 Å². The number of alkyl halides is 3. The normalized spacial score (nSPS) is 12.0. The lowest BCUT2D eigenvalue weighted by atomic mass is 10.2. The molecule has 0 spiro atoms. The number of carbonyl (C=O) groups is 1. The molecule has 0 aliphatic carbocycles. The van der Waals surface area contributed by atoms with Gasteiger partial charge in [0.1, 0.15) is 6.16 Å². The summed E-state index contributed by atoms with van der Waals surface area (Å²) in [7, 11) is 0. The summed E-state index contributed by atoms with van der Waals surface area (Å²) in [6.07, 6.45) is -4.62. The summed E-state index contributed by atoms with van der Waals surface area (Å²) in [5, 5.41) is 0. The molecule has 0 aliphatic rings. The molecule has 2 N–H and O–H groups in total. The summed E-state index contributed by atoms with van der Waals surface area (Å²) < 4.78 is 48.4. The van der Waals surface area contributed by atoms with Crippen molar-refractivity contribution in [3.05, 3.63) is 29.8 Å². The molecule has 0 fully saturated rings. The molecular weight excluding hydrogens is 352 g/mol. The van der Waals surface area contributed by atoms with E-state index in [1.54, 1.807) is 13.8 Å². The van der Waals surface area contributed by atoms with Gasteiger partial charge >= 0.3 is 6.18 Å². The Morgan fingerprint density at radius 2 is 1.87 bits per heavy atom. The molecule has 0 aliphatic heterocycles. The van der Waals surface area contributed by atoms with Crippen molar-refractivity contribution < 1.29 is 27.0 Å². The largest absolute Gasteiger partial charge is 0.416 e. The molecule has 1 aromatic carbocycles. The first-order chi connectivity index (χ1) is 10.7. The van der Waals surface area contributed by atoms with Crippen LogP contribution in [0.25, 0.3) is 0 Å². The molecule has 5 nitrogen and oxygen atoms in total. The predicted octanol–water partition coefficient (Wildman–Crippen LogP) is 3.53. The predicted molar refractivity (Wildman–Crippen MR) is 85.6 cm³/mol. The van der Waals surface area contributed by atoms with Gasteiger partial charge in [-0.1, -0.05) is 6.07 Å². The maximum atomic E-state index is 12.6. The summed E-state index contributed by atoms with van der Waals surface area (Å²) >= 11 is 5.21.